The van der Waals surface area contributed by atoms with Crippen LogP contribution in [0.3, 0.4) is 0 Å². The number of sulfonamides is 1. The van der Waals surface area contributed by atoms with Gasteiger partial charge in [0.1, 0.15) is 10.7 Å². The van der Waals surface area contributed by atoms with E-state index in [0.717, 1.165) is 19.0 Å². The molecular formula is C30H30F2N6O4S3. The lowest BCUT2D eigenvalue weighted by Gasteiger charge is -2.48. The van der Waals surface area contributed by atoms with Crippen LogP contribution in [0.15, 0.2) is 53.6 Å². The molecule has 15 heteroatoms. The van der Waals surface area contributed by atoms with Gasteiger partial charge in [-0.15, -0.1) is 0 Å². The van der Waals surface area contributed by atoms with Crippen LogP contribution >= 0.6 is 11.3 Å². The van der Waals surface area contributed by atoms with Crippen molar-refractivity contribution in [2.45, 2.75) is 43.7 Å². The molecule has 45 heavy (non-hydrogen) atoms. The molecule has 1 aliphatic carbocycles. The van der Waals surface area contributed by atoms with Crippen LogP contribution < -0.4 is 14.9 Å². The molecule has 1 unspecified atom stereocenters. The second kappa shape index (κ2) is 10.4. The molecule has 4 aromatic rings. The lowest BCUT2D eigenvalue weighted by molar-refractivity contribution is 0.332. The predicted octanol–water partition coefficient (Wildman–Crippen LogP) is 5.10. The zero-order valence-electron chi connectivity index (χ0n) is 24.6. The van der Waals surface area contributed by atoms with Crippen molar-refractivity contribution >= 4 is 48.0 Å². The SMILES string of the molecule is Cc1cccc(F)c1S(=O)(=O)Nc1cccc(-c2nc(N3CCC3(C)C)sc2-c2ccnc(NC3[C@H]4CS(=O)(=O)C[C@@H]34)n2)c1F. The van der Waals surface area contributed by atoms with Gasteiger partial charge in [0.15, 0.2) is 20.8 Å². The number of sulfone groups is 1. The Morgan fingerprint density at radius 3 is 2.44 bits per heavy atom. The van der Waals surface area contributed by atoms with Gasteiger partial charge < -0.3 is 10.2 Å². The van der Waals surface area contributed by atoms with Gasteiger partial charge in [0.05, 0.1) is 33.5 Å². The number of nitrogens with zero attached hydrogens (tertiary/aromatic N) is 4. The van der Waals surface area contributed by atoms with E-state index in [4.69, 9.17) is 9.97 Å². The minimum atomic E-state index is -4.46. The van der Waals surface area contributed by atoms with E-state index < -0.39 is 36.4 Å². The second-order valence-electron chi connectivity index (χ2n) is 12.4. The third kappa shape index (κ3) is 5.33. The van der Waals surface area contributed by atoms with Crippen molar-refractivity contribution in [1.82, 2.24) is 15.0 Å². The van der Waals surface area contributed by atoms with Gasteiger partial charge in [0, 0.05) is 29.9 Å². The topological polar surface area (TPSA) is 134 Å². The molecule has 0 amide bonds. The molecule has 3 fully saturated rings. The summed E-state index contributed by atoms with van der Waals surface area (Å²) in [6.45, 7) is 6.43. The molecule has 2 N–H and O–H groups in total. The minimum absolute atomic E-state index is 0.0256. The quantitative estimate of drug-likeness (QED) is 0.262. The van der Waals surface area contributed by atoms with Gasteiger partial charge in [-0.2, -0.15) is 0 Å². The fourth-order valence-electron chi connectivity index (χ4n) is 6.22. The highest BCUT2D eigenvalue weighted by Crippen LogP contribution is 2.49. The van der Waals surface area contributed by atoms with E-state index in [9.17, 15) is 21.2 Å². The van der Waals surface area contributed by atoms with Crippen molar-refractivity contribution in [1.29, 1.82) is 0 Å². The first-order valence-electron chi connectivity index (χ1n) is 14.4. The van der Waals surface area contributed by atoms with Gasteiger partial charge in [-0.1, -0.05) is 29.5 Å². The van der Waals surface area contributed by atoms with Gasteiger partial charge in [-0.3, -0.25) is 4.72 Å². The van der Waals surface area contributed by atoms with Crippen LogP contribution in [0.25, 0.3) is 21.8 Å². The average molecular weight is 673 g/mol. The predicted molar refractivity (Wildman–Crippen MR) is 170 cm³/mol. The number of aromatic nitrogens is 3. The maximum absolute atomic E-state index is 16.2. The van der Waals surface area contributed by atoms with E-state index in [1.807, 2.05) is 0 Å². The highest BCUT2D eigenvalue weighted by molar-refractivity contribution is 7.92. The van der Waals surface area contributed by atoms with Crippen molar-refractivity contribution in [2.75, 3.05) is 33.0 Å². The maximum atomic E-state index is 16.2. The van der Waals surface area contributed by atoms with Crippen LogP contribution in [0.2, 0.25) is 0 Å². The Kier molecular flexibility index (Phi) is 6.95. The van der Waals surface area contributed by atoms with E-state index in [1.54, 1.807) is 12.3 Å². The monoisotopic (exact) mass is 672 g/mol. The van der Waals surface area contributed by atoms with Gasteiger partial charge in [-0.25, -0.2) is 40.6 Å². The van der Waals surface area contributed by atoms with Crippen molar-refractivity contribution in [2.24, 2.45) is 11.8 Å². The summed E-state index contributed by atoms with van der Waals surface area (Å²) in [5, 5.41) is 3.93. The highest BCUT2D eigenvalue weighted by atomic mass is 32.2. The molecule has 10 nitrogen and oxygen atoms in total. The normalized spacial score (nSPS) is 22.9. The van der Waals surface area contributed by atoms with Crippen LogP contribution in [-0.2, 0) is 19.9 Å². The Morgan fingerprint density at radius 2 is 1.78 bits per heavy atom. The van der Waals surface area contributed by atoms with Crippen molar-refractivity contribution in [3.05, 3.63) is 65.9 Å². The summed E-state index contributed by atoms with van der Waals surface area (Å²) in [4.78, 5) is 16.0. The minimum Gasteiger partial charge on any atom is -0.351 e. The molecule has 3 aliphatic rings. The summed E-state index contributed by atoms with van der Waals surface area (Å²) in [5.74, 6) is -1.09. The van der Waals surface area contributed by atoms with Gasteiger partial charge in [-0.05, 0) is 68.9 Å². The molecule has 2 saturated heterocycles. The van der Waals surface area contributed by atoms with Crippen LogP contribution in [-0.4, -0.2) is 61.4 Å². The summed E-state index contributed by atoms with van der Waals surface area (Å²) in [5.41, 5.74) is 0.495. The molecular weight excluding hydrogens is 643 g/mol. The number of anilines is 3. The molecule has 0 radical (unpaired) electrons. The molecule has 2 aromatic heterocycles. The van der Waals surface area contributed by atoms with Crippen molar-refractivity contribution < 1.29 is 25.6 Å². The van der Waals surface area contributed by atoms with Gasteiger partial charge >= 0.3 is 0 Å². The Morgan fingerprint density at radius 1 is 1.04 bits per heavy atom. The third-order valence-electron chi connectivity index (χ3n) is 8.86. The van der Waals surface area contributed by atoms with Gasteiger partial charge in [0.25, 0.3) is 10.0 Å². The van der Waals surface area contributed by atoms with E-state index in [2.05, 4.69) is 33.8 Å². The molecule has 1 saturated carbocycles. The average Bonchev–Trinajstić information content (AvgIpc) is 3.26. The van der Waals surface area contributed by atoms with E-state index >= 15 is 4.39 Å². The largest absolute Gasteiger partial charge is 0.351 e. The Hall–Kier alpha value is -3.69. The zero-order chi connectivity index (χ0) is 31.9. The molecule has 0 spiro atoms. The number of nitrogens with one attached hydrogen (secondary N) is 2. The highest BCUT2D eigenvalue weighted by Gasteiger charge is 2.59. The molecule has 3 atom stereocenters. The number of thiazole rings is 1. The molecule has 236 valence electrons. The van der Waals surface area contributed by atoms with E-state index in [0.29, 0.717) is 21.7 Å². The second-order valence-corrected chi connectivity index (χ2v) is 17.1. The van der Waals surface area contributed by atoms with Crippen LogP contribution in [0, 0.1) is 30.4 Å². The smallest absolute Gasteiger partial charge is 0.265 e. The van der Waals surface area contributed by atoms with E-state index in [1.165, 1.54) is 48.6 Å². The fraction of sp³-hybridized carbons (Fsp3) is 0.367. The third-order valence-corrected chi connectivity index (χ3v) is 13.3. The Bertz CT molecular complexity index is 2030. The first-order chi connectivity index (χ1) is 21.2. The molecule has 7 rings (SSSR count). The Labute approximate surface area is 263 Å². The van der Waals surface area contributed by atoms with Crippen LogP contribution in [0.1, 0.15) is 25.8 Å². The summed E-state index contributed by atoms with van der Waals surface area (Å²) in [6.07, 6.45) is 2.54. The number of aryl methyl sites for hydroxylation is 1. The van der Waals surface area contributed by atoms with E-state index in [-0.39, 0.29) is 57.4 Å². The zero-order valence-corrected chi connectivity index (χ0v) is 27.0. The number of hydrogen-bond donors (Lipinski definition) is 2. The van der Waals surface area contributed by atoms with Crippen LogP contribution in [0.5, 0.6) is 0 Å². The standard InChI is InChI=1S/C30H30F2N6O4S3/c1-16-6-4-8-20(31)27(16)45(41,42)37-21-9-5-7-17(23(21)32)25-26(43-29(36-25)38-13-11-30(38,2)3)22-10-12-33-28(34-22)35-24-18-14-44(39,40)15-19(18)24/h4-10,12,18-19,24,37H,11,13-15H2,1-3H3,(H,33,34,35)/t18-,19+,24?. The van der Waals surface area contributed by atoms with Crippen LogP contribution in [0.4, 0.5) is 25.5 Å². The summed E-state index contributed by atoms with van der Waals surface area (Å²) < 4.78 is 83.2. The first-order valence-corrected chi connectivity index (χ1v) is 18.5. The molecule has 2 aliphatic heterocycles. The lowest BCUT2D eigenvalue weighted by Crippen LogP contribution is -2.56. The number of benzene rings is 2. The summed E-state index contributed by atoms with van der Waals surface area (Å²) >= 11 is 1.34. The number of rotatable bonds is 8. The number of halogens is 2. The van der Waals surface area contributed by atoms with Crippen molar-refractivity contribution in [3.8, 4) is 21.8 Å². The number of fused-ring (bicyclic) bond motifs is 1. The summed E-state index contributed by atoms with van der Waals surface area (Å²) in [6, 6.07) is 9.87. The molecule has 0 bridgehead atoms. The first kappa shape index (κ1) is 30.0. The number of hydrogen-bond acceptors (Lipinski definition) is 10. The lowest BCUT2D eigenvalue weighted by atomic mass is 9.90. The molecule has 2 aromatic carbocycles. The molecule has 4 heterocycles. The fourth-order valence-corrected chi connectivity index (χ4v) is 11.0. The van der Waals surface area contributed by atoms with Gasteiger partial charge in [0.2, 0.25) is 5.95 Å². The van der Waals surface area contributed by atoms with Crippen molar-refractivity contribution in [3.63, 3.8) is 0 Å². The maximum Gasteiger partial charge on any atom is 0.265 e. The summed E-state index contributed by atoms with van der Waals surface area (Å²) in [7, 11) is -7.46. The Balaban J connectivity index is 1.26.